The van der Waals surface area contributed by atoms with Gasteiger partial charge in [0.2, 0.25) is 0 Å². The van der Waals surface area contributed by atoms with Crippen molar-refractivity contribution in [1.82, 2.24) is 0 Å². The van der Waals surface area contributed by atoms with Crippen LogP contribution in [0.2, 0.25) is 0 Å². The van der Waals surface area contributed by atoms with Crippen LogP contribution in [0.1, 0.15) is 39.5 Å². The van der Waals surface area contributed by atoms with E-state index in [1.165, 1.54) is 12.0 Å². The first-order valence-electron chi connectivity index (χ1n) is 4.92. The molecule has 1 aliphatic rings. The lowest BCUT2D eigenvalue weighted by atomic mass is 9.93. The predicted molar refractivity (Wildman–Crippen MR) is 50.9 cm³/mol. The molecule has 2 atom stereocenters. The molecule has 0 aliphatic heterocycles. The first kappa shape index (κ1) is 9.50. The van der Waals surface area contributed by atoms with E-state index >= 15 is 0 Å². The largest absolute Gasteiger partial charge is 0.303 e. The summed E-state index contributed by atoms with van der Waals surface area (Å²) in [5.41, 5.74) is 1.39. The van der Waals surface area contributed by atoms with Gasteiger partial charge in [-0.05, 0) is 25.2 Å². The Morgan fingerprint density at radius 1 is 1.75 bits per heavy atom. The van der Waals surface area contributed by atoms with E-state index in [9.17, 15) is 4.79 Å². The summed E-state index contributed by atoms with van der Waals surface area (Å²) in [7, 11) is 0. The molecule has 1 aliphatic carbocycles. The van der Waals surface area contributed by atoms with E-state index in [4.69, 9.17) is 0 Å². The molecule has 0 fully saturated rings. The molecule has 0 amide bonds. The van der Waals surface area contributed by atoms with E-state index in [-0.39, 0.29) is 5.92 Å². The lowest BCUT2D eigenvalue weighted by Crippen LogP contribution is -2.04. The third-order valence-electron chi connectivity index (χ3n) is 2.81. The summed E-state index contributed by atoms with van der Waals surface area (Å²) in [5.74, 6) is 0.982. The summed E-state index contributed by atoms with van der Waals surface area (Å²) in [6.45, 7) is 4.46. The fourth-order valence-electron chi connectivity index (χ4n) is 1.72. The Morgan fingerprint density at radius 2 is 2.50 bits per heavy atom. The van der Waals surface area contributed by atoms with Gasteiger partial charge in [-0.3, -0.25) is 0 Å². The second kappa shape index (κ2) is 4.44. The zero-order valence-corrected chi connectivity index (χ0v) is 8.05. The molecular formula is C11H18O. The van der Waals surface area contributed by atoms with Crippen molar-refractivity contribution in [2.24, 2.45) is 11.8 Å². The standard InChI is InChI=1S/C11H18O/c1-3-9(2)7-10-5-4-6-11(10)8-12/h5,8-9,11H,3-4,6-7H2,1-2H3. The molecule has 1 nitrogen and oxygen atoms in total. The molecule has 0 heterocycles. The van der Waals surface area contributed by atoms with Crippen LogP contribution in [-0.2, 0) is 4.79 Å². The molecule has 0 aromatic rings. The van der Waals surface area contributed by atoms with E-state index in [0.717, 1.165) is 31.5 Å². The van der Waals surface area contributed by atoms with Crippen LogP contribution in [0.5, 0.6) is 0 Å². The van der Waals surface area contributed by atoms with Crippen LogP contribution in [0.4, 0.5) is 0 Å². The lowest BCUT2D eigenvalue weighted by Gasteiger charge is -2.12. The fourth-order valence-corrected chi connectivity index (χ4v) is 1.72. The van der Waals surface area contributed by atoms with Crippen molar-refractivity contribution in [3.05, 3.63) is 11.6 Å². The van der Waals surface area contributed by atoms with Crippen LogP contribution in [0.15, 0.2) is 11.6 Å². The summed E-state index contributed by atoms with van der Waals surface area (Å²) >= 11 is 0. The number of aldehydes is 1. The normalized spacial score (nSPS) is 25.2. The highest BCUT2D eigenvalue weighted by molar-refractivity contribution is 5.60. The van der Waals surface area contributed by atoms with E-state index in [1.807, 2.05) is 0 Å². The minimum Gasteiger partial charge on any atom is -0.303 e. The molecule has 1 rings (SSSR count). The van der Waals surface area contributed by atoms with Crippen LogP contribution >= 0.6 is 0 Å². The van der Waals surface area contributed by atoms with Gasteiger partial charge < -0.3 is 4.79 Å². The van der Waals surface area contributed by atoms with Gasteiger partial charge in [0.25, 0.3) is 0 Å². The number of carbonyl (C=O) groups is 1. The van der Waals surface area contributed by atoms with E-state index < -0.39 is 0 Å². The second-order valence-corrected chi connectivity index (χ2v) is 3.82. The highest BCUT2D eigenvalue weighted by Crippen LogP contribution is 2.29. The Kier molecular flexibility index (Phi) is 3.51. The smallest absolute Gasteiger partial charge is 0.127 e. The van der Waals surface area contributed by atoms with Gasteiger partial charge in [0.1, 0.15) is 6.29 Å². The average molecular weight is 166 g/mol. The van der Waals surface area contributed by atoms with Gasteiger partial charge in [-0.1, -0.05) is 31.9 Å². The maximum Gasteiger partial charge on any atom is 0.127 e. The molecule has 12 heavy (non-hydrogen) atoms. The third-order valence-corrected chi connectivity index (χ3v) is 2.81. The summed E-state index contributed by atoms with van der Waals surface area (Å²) < 4.78 is 0. The Bertz CT molecular complexity index is 181. The van der Waals surface area contributed by atoms with Gasteiger partial charge in [0.05, 0.1) is 0 Å². The van der Waals surface area contributed by atoms with Crippen molar-refractivity contribution in [2.45, 2.75) is 39.5 Å². The molecule has 68 valence electrons. The van der Waals surface area contributed by atoms with Gasteiger partial charge >= 0.3 is 0 Å². The van der Waals surface area contributed by atoms with Gasteiger partial charge in [-0.25, -0.2) is 0 Å². The molecule has 0 aromatic carbocycles. The van der Waals surface area contributed by atoms with Crippen molar-refractivity contribution in [3.8, 4) is 0 Å². The van der Waals surface area contributed by atoms with Crippen LogP contribution in [0.25, 0.3) is 0 Å². The summed E-state index contributed by atoms with van der Waals surface area (Å²) in [6.07, 6.45) is 7.86. The van der Waals surface area contributed by atoms with E-state index in [1.54, 1.807) is 0 Å². The van der Waals surface area contributed by atoms with Crippen LogP contribution in [0, 0.1) is 11.8 Å². The summed E-state index contributed by atoms with van der Waals surface area (Å²) in [6, 6.07) is 0. The minimum absolute atomic E-state index is 0.249. The van der Waals surface area contributed by atoms with Gasteiger partial charge in [-0.2, -0.15) is 0 Å². The lowest BCUT2D eigenvalue weighted by molar-refractivity contribution is -0.110. The molecule has 0 aromatic heterocycles. The van der Waals surface area contributed by atoms with Crippen LogP contribution in [-0.4, -0.2) is 6.29 Å². The number of allylic oxidation sites excluding steroid dienone is 2. The Morgan fingerprint density at radius 3 is 3.08 bits per heavy atom. The SMILES string of the molecule is CCC(C)CC1=CCCC1C=O. The molecule has 0 spiro atoms. The molecule has 0 saturated heterocycles. The first-order chi connectivity index (χ1) is 5.77. The van der Waals surface area contributed by atoms with Crippen LogP contribution < -0.4 is 0 Å². The third kappa shape index (κ3) is 2.20. The highest BCUT2D eigenvalue weighted by Gasteiger charge is 2.19. The highest BCUT2D eigenvalue weighted by atomic mass is 16.1. The fraction of sp³-hybridized carbons (Fsp3) is 0.727. The Hall–Kier alpha value is -0.590. The zero-order valence-electron chi connectivity index (χ0n) is 8.05. The van der Waals surface area contributed by atoms with Crippen molar-refractivity contribution >= 4 is 6.29 Å². The zero-order chi connectivity index (χ0) is 8.97. The topological polar surface area (TPSA) is 17.1 Å². The molecule has 0 N–H and O–H groups in total. The Labute approximate surface area is 74.9 Å². The Balaban J connectivity index is 2.45. The molecule has 1 heteroatoms. The average Bonchev–Trinajstić information content (AvgIpc) is 2.51. The summed E-state index contributed by atoms with van der Waals surface area (Å²) in [4.78, 5) is 10.6. The van der Waals surface area contributed by atoms with Crippen molar-refractivity contribution < 1.29 is 4.79 Å². The first-order valence-corrected chi connectivity index (χ1v) is 4.92. The summed E-state index contributed by atoms with van der Waals surface area (Å²) in [5, 5.41) is 0. The van der Waals surface area contributed by atoms with E-state index in [2.05, 4.69) is 19.9 Å². The molecule has 0 radical (unpaired) electrons. The number of carbonyl (C=O) groups excluding carboxylic acids is 1. The number of hydrogen-bond donors (Lipinski definition) is 0. The van der Waals surface area contributed by atoms with Crippen LogP contribution in [0.3, 0.4) is 0 Å². The van der Waals surface area contributed by atoms with Gasteiger partial charge in [-0.15, -0.1) is 0 Å². The molecule has 0 bridgehead atoms. The van der Waals surface area contributed by atoms with Gasteiger partial charge in [0, 0.05) is 5.92 Å². The number of hydrogen-bond acceptors (Lipinski definition) is 1. The monoisotopic (exact) mass is 166 g/mol. The van der Waals surface area contributed by atoms with Crippen molar-refractivity contribution in [2.75, 3.05) is 0 Å². The predicted octanol–water partition coefficient (Wildman–Crippen LogP) is 2.96. The maximum absolute atomic E-state index is 10.6. The second-order valence-electron chi connectivity index (χ2n) is 3.82. The molecule has 0 saturated carbocycles. The van der Waals surface area contributed by atoms with Crippen molar-refractivity contribution in [3.63, 3.8) is 0 Å². The number of rotatable bonds is 4. The van der Waals surface area contributed by atoms with E-state index in [0.29, 0.717) is 0 Å². The minimum atomic E-state index is 0.249. The van der Waals surface area contributed by atoms with Crippen molar-refractivity contribution in [1.29, 1.82) is 0 Å². The molecular weight excluding hydrogens is 148 g/mol. The quantitative estimate of drug-likeness (QED) is 0.463. The molecule has 2 unspecified atom stereocenters. The van der Waals surface area contributed by atoms with Gasteiger partial charge in [0.15, 0.2) is 0 Å². The maximum atomic E-state index is 10.6.